The van der Waals surface area contributed by atoms with E-state index in [4.69, 9.17) is 9.94 Å². The Morgan fingerprint density at radius 3 is 3.00 bits per heavy atom. The van der Waals surface area contributed by atoms with E-state index in [2.05, 4.69) is 0 Å². The number of hydrogen-bond donors (Lipinski definition) is 1. The minimum atomic E-state index is -0.111. The Morgan fingerprint density at radius 1 is 1.78 bits per heavy atom. The molecule has 0 atom stereocenters. The van der Waals surface area contributed by atoms with Crippen molar-refractivity contribution in [3.63, 3.8) is 0 Å². The van der Waals surface area contributed by atoms with E-state index in [9.17, 15) is 0 Å². The molecule has 9 heavy (non-hydrogen) atoms. The van der Waals surface area contributed by atoms with Crippen molar-refractivity contribution in [3.8, 4) is 0 Å². The highest BCUT2D eigenvalue weighted by molar-refractivity contribution is 5.14. The van der Waals surface area contributed by atoms with Crippen LogP contribution < -0.4 is 0 Å². The van der Waals surface area contributed by atoms with Crippen molar-refractivity contribution in [2.75, 3.05) is 6.73 Å². The van der Waals surface area contributed by atoms with Crippen molar-refractivity contribution in [1.29, 1.82) is 0 Å². The Balaban J connectivity index is 2.48. The molecule has 0 aromatic carbocycles. The second-order valence-corrected chi connectivity index (χ2v) is 1.84. The molecule has 0 spiro atoms. The van der Waals surface area contributed by atoms with Gasteiger partial charge in [-0.2, -0.15) is 5.06 Å². The van der Waals surface area contributed by atoms with Gasteiger partial charge in [-0.25, -0.2) is 0 Å². The first-order valence-corrected chi connectivity index (χ1v) is 2.72. The summed E-state index contributed by atoms with van der Waals surface area (Å²) >= 11 is 0. The Labute approximate surface area is 53.8 Å². The normalized spacial score (nSPS) is 17.1. The minimum absolute atomic E-state index is 0.111. The van der Waals surface area contributed by atoms with Crippen LogP contribution in [0.3, 0.4) is 0 Å². The van der Waals surface area contributed by atoms with Gasteiger partial charge in [0.2, 0.25) is 0 Å². The lowest BCUT2D eigenvalue weighted by Gasteiger charge is -2.17. The van der Waals surface area contributed by atoms with Crippen LogP contribution in [0.5, 0.6) is 0 Å². The van der Waals surface area contributed by atoms with Crippen molar-refractivity contribution < 1.29 is 9.94 Å². The van der Waals surface area contributed by atoms with Crippen molar-refractivity contribution >= 4 is 0 Å². The highest BCUT2D eigenvalue weighted by atomic mass is 16.7. The zero-order valence-corrected chi connectivity index (χ0v) is 5.24. The lowest BCUT2D eigenvalue weighted by atomic mass is 10.3. The maximum atomic E-state index is 8.50. The van der Waals surface area contributed by atoms with E-state index in [0.717, 1.165) is 5.57 Å². The number of aliphatic hydroxyl groups excluding tert-OH is 1. The molecule has 0 aliphatic carbocycles. The van der Waals surface area contributed by atoms with Crippen LogP contribution in [-0.2, 0) is 4.84 Å². The standard InChI is InChI=1S/C6H9NO2/c1-6-2-3-7(5-8)9-4-6/h2-4,8H,5H2,1H3. The highest BCUT2D eigenvalue weighted by Crippen LogP contribution is 2.05. The van der Waals surface area contributed by atoms with Crippen LogP contribution in [0.25, 0.3) is 0 Å². The SMILES string of the molecule is CC1=CON(CO)C=C1. The van der Waals surface area contributed by atoms with Gasteiger partial charge in [0.1, 0.15) is 13.0 Å². The molecule has 0 saturated carbocycles. The van der Waals surface area contributed by atoms with Crippen molar-refractivity contribution in [1.82, 2.24) is 5.06 Å². The lowest BCUT2D eigenvalue weighted by molar-refractivity contribution is -0.112. The van der Waals surface area contributed by atoms with Crippen molar-refractivity contribution in [2.24, 2.45) is 0 Å². The predicted octanol–water partition coefficient (Wildman–Crippen LogP) is 0.601. The van der Waals surface area contributed by atoms with Gasteiger partial charge in [0, 0.05) is 6.20 Å². The maximum Gasteiger partial charge on any atom is 0.150 e. The molecule has 0 unspecified atom stereocenters. The van der Waals surface area contributed by atoms with E-state index in [1.807, 2.05) is 13.0 Å². The van der Waals surface area contributed by atoms with Gasteiger partial charge in [-0.05, 0) is 18.6 Å². The first-order chi connectivity index (χ1) is 4.33. The molecule has 0 aromatic rings. The minimum Gasteiger partial charge on any atom is -0.385 e. The number of hydrogen-bond acceptors (Lipinski definition) is 3. The summed E-state index contributed by atoms with van der Waals surface area (Å²) in [5.41, 5.74) is 1.04. The fourth-order valence-corrected chi connectivity index (χ4v) is 0.506. The van der Waals surface area contributed by atoms with Gasteiger partial charge in [-0.15, -0.1) is 0 Å². The summed E-state index contributed by atoms with van der Waals surface area (Å²) in [7, 11) is 0. The molecule has 1 heterocycles. The quantitative estimate of drug-likeness (QED) is 0.560. The van der Waals surface area contributed by atoms with Crippen LogP contribution in [0, 0.1) is 0 Å². The Kier molecular flexibility index (Phi) is 1.75. The summed E-state index contributed by atoms with van der Waals surface area (Å²) in [5.74, 6) is 0. The van der Waals surface area contributed by atoms with Crippen LogP contribution in [-0.4, -0.2) is 16.9 Å². The Morgan fingerprint density at radius 2 is 2.56 bits per heavy atom. The number of hydroxylamine groups is 2. The molecule has 0 radical (unpaired) electrons. The topological polar surface area (TPSA) is 32.7 Å². The van der Waals surface area contributed by atoms with E-state index >= 15 is 0 Å². The van der Waals surface area contributed by atoms with Crippen molar-refractivity contribution in [2.45, 2.75) is 6.92 Å². The van der Waals surface area contributed by atoms with E-state index in [-0.39, 0.29) is 6.73 Å². The summed E-state index contributed by atoms with van der Waals surface area (Å²) in [5, 5.41) is 9.82. The smallest absolute Gasteiger partial charge is 0.150 e. The molecular formula is C6H9NO2. The zero-order valence-electron chi connectivity index (χ0n) is 5.24. The summed E-state index contributed by atoms with van der Waals surface area (Å²) in [4.78, 5) is 4.87. The molecule has 3 heteroatoms. The highest BCUT2D eigenvalue weighted by Gasteiger charge is 1.98. The fraction of sp³-hybridized carbons (Fsp3) is 0.333. The molecule has 1 aliphatic rings. The largest absolute Gasteiger partial charge is 0.385 e. The third-order valence-corrected chi connectivity index (χ3v) is 1.02. The summed E-state index contributed by atoms with van der Waals surface area (Å²) in [6.45, 7) is 1.81. The second kappa shape index (κ2) is 2.55. The summed E-state index contributed by atoms with van der Waals surface area (Å²) in [6.07, 6.45) is 5.12. The molecular weight excluding hydrogens is 118 g/mol. The van der Waals surface area contributed by atoms with Crippen LogP contribution in [0.15, 0.2) is 24.1 Å². The summed E-state index contributed by atoms with van der Waals surface area (Å²) < 4.78 is 0. The van der Waals surface area contributed by atoms with Crippen molar-refractivity contribution in [3.05, 3.63) is 24.1 Å². The molecule has 1 aliphatic heterocycles. The molecule has 0 amide bonds. The van der Waals surface area contributed by atoms with Gasteiger partial charge in [-0.1, -0.05) is 0 Å². The molecule has 0 aromatic heterocycles. The average Bonchev–Trinajstić information content (AvgIpc) is 1.90. The summed E-state index contributed by atoms with van der Waals surface area (Å²) in [6, 6.07) is 0. The molecule has 0 fully saturated rings. The monoisotopic (exact) mass is 127 g/mol. The molecule has 0 saturated heterocycles. The molecule has 1 rings (SSSR count). The number of aliphatic hydroxyl groups is 1. The van der Waals surface area contributed by atoms with Gasteiger partial charge in [0.15, 0.2) is 0 Å². The maximum absolute atomic E-state index is 8.50. The molecule has 50 valence electrons. The first kappa shape index (κ1) is 6.16. The van der Waals surface area contributed by atoms with E-state index in [0.29, 0.717) is 0 Å². The molecule has 1 N–H and O–H groups in total. The molecule has 0 bridgehead atoms. The number of nitrogens with zero attached hydrogens (tertiary/aromatic N) is 1. The van der Waals surface area contributed by atoms with E-state index < -0.39 is 0 Å². The van der Waals surface area contributed by atoms with Gasteiger partial charge in [-0.3, -0.25) is 0 Å². The Bertz CT molecular complexity index is 151. The average molecular weight is 127 g/mol. The predicted molar refractivity (Wildman–Crippen MR) is 32.9 cm³/mol. The third-order valence-electron chi connectivity index (χ3n) is 1.02. The molecule has 3 nitrogen and oxygen atoms in total. The third kappa shape index (κ3) is 1.47. The zero-order chi connectivity index (χ0) is 6.69. The van der Waals surface area contributed by atoms with Gasteiger partial charge >= 0.3 is 0 Å². The van der Waals surface area contributed by atoms with Crippen LogP contribution in [0.1, 0.15) is 6.92 Å². The fourth-order valence-electron chi connectivity index (χ4n) is 0.506. The van der Waals surface area contributed by atoms with Crippen LogP contribution in [0.2, 0.25) is 0 Å². The van der Waals surface area contributed by atoms with Gasteiger partial charge in [0.25, 0.3) is 0 Å². The van der Waals surface area contributed by atoms with Gasteiger partial charge < -0.3 is 9.94 Å². The van der Waals surface area contributed by atoms with Crippen LogP contribution >= 0.6 is 0 Å². The lowest BCUT2D eigenvalue weighted by Crippen LogP contribution is -2.17. The van der Waals surface area contributed by atoms with E-state index in [1.165, 1.54) is 5.06 Å². The van der Waals surface area contributed by atoms with Crippen LogP contribution in [0.4, 0.5) is 0 Å². The Hall–Kier alpha value is -0.960. The number of rotatable bonds is 1. The first-order valence-electron chi connectivity index (χ1n) is 2.72. The van der Waals surface area contributed by atoms with Gasteiger partial charge in [0.05, 0.1) is 0 Å². The number of allylic oxidation sites excluding steroid dienone is 2. The second-order valence-electron chi connectivity index (χ2n) is 1.84. The van der Waals surface area contributed by atoms with E-state index in [1.54, 1.807) is 12.5 Å².